The highest BCUT2D eigenvalue weighted by atomic mass is 19.4. The molecule has 0 aromatic heterocycles. The molecule has 2 atom stereocenters. The second kappa shape index (κ2) is 18.8. The third-order valence-corrected chi connectivity index (χ3v) is 12.8. The molecule has 354 valence electrons. The summed E-state index contributed by atoms with van der Waals surface area (Å²) in [6.07, 6.45) is -7.89. The van der Waals surface area contributed by atoms with Crippen molar-refractivity contribution in [1.82, 2.24) is 14.7 Å². The molecule has 4 aromatic rings. The van der Waals surface area contributed by atoms with Crippen LogP contribution in [0.25, 0.3) is 0 Å². The normalized spacial score (nSPS) is 19.9. The molecule has 0 spiro atoms. The number of carbonyl (C=O) groups is 5. The molecule has 1 fully saturated rings. The Hall–Kier alpha value is -7.61. The fraction of sp³-hybridized carbons (Fsp3) is 0.300. The molecular formula is C50H41F6N7O6. The Morgan fingerprint density at radius 1 is 0.638 bits per heavy atom. The minimum atomic E-state index is -4.59. The number of aldehydes is 1. The van der Waals surface area contributed by atoms with Crippen LogP contribution in [0.1, 0.15) is 87.1 Å². The van der Waals surface area contributed by atoms with Crippen molar-refractivity contribution in [3.05, 3.63) is 152 Å². The molecule has 13 nitrogen and oxygen atoms in total. The number of alkyl halides is 6. The molecule has 9 rings (SSSR count). The maximum atomic E-state index is 13.7. The molecule has 4 amide bonds. The van der Waals surface area contributed by atoms with E-state index >= 15 is 0 Å². The molecule has 19 heteroatoms. The molecule has 2 unspecified atom stereocenters. The van der Waals surface area contributed by atoms with E-state index in [4.69, 9.17) is 10.00 Å². The van der Waals surface area contributed by atoms with Crippen LogP contribution in [0.5, 0.6) is 0 Å². The summed E-state index contributed by atoms with van der Waals surface area (Å²) in [5.74, 6) is -0.388. The molecule has 0 N–H and O–H groups in total. The molecule has 69 heavy (non-hydrogen) atoms. The third-order valence-electron chi connectivity index (χ3n) is 12.8. The number of carbonyl (C=O) groups excluding carboxylic acids is 5. The van der Waals surface area contributed by atoms with Crippen molar-refractivity contribution >= 4 is 41.3 Å². The van der Waals surface area contributed by atoms with Crippen LogP contribution in [-0.4, -0.2) is 85.0 Å². The standard InChI is InChI=1S/C27H25F3N4O3.C23H16F3N3O3/c1-32-25(21-6-5-17(15-31)13-18(21)16-33-9-11-37-12-10-33)24-22(7-8-23(24)35)34(26(32)36)20-4-2-3-19(14-20)27(28,29)30;1-28-21(17-6-5-13(11-27)9-14(17)12-30)20-18(7-8-19(20)31)29(22(28)32)16-4-2-3-15(10-16)23(24,25)26/h2-6,13-14,25H,7-12,16H2,1H3;2-6,9-10,12,21H,7-8H2,1H3. The number of halogens is 6. The van der Waals surface area contributed by atoms with Crippen molar-refractivity contribution in [1.29, 1.82) is 10.5 Å². The number of morpholine rings is 1. The van der Waals surface area contributed by atoms with E-state index in [1.54, 1.807) is 25.2 Å². The third kappa shape index (κ3) is 9.10. The topological polar surface area (TPSA) is 158 Å². The average Bonchev–Trinajstić information content (AvgIpc) is 3.90. The summed E-state index contributed by atoms with van der Waals surface area (Å²) in [5.41, 5.74) is 2.53. The minimum absolute atomic E-state index is 0.00719. The molecule has 3 aliphatic heterocycles. The number of nitrogens with zero attached hydrogens (tertiary/aromatic N) is 7. The Morgan fingerprint density at radius 3 is 1.57 bits per heavy atom. The van der Waals surface area contributed by atoms with Crippen molar-refractivity contribution in [2.24, 2.45) is 0 Å². The van der Waals surface area contributed by atoms with E-state index in [1.165, 1.54) is 64.2 Å². The number of nitriles is 2. The van der Waals surface area contributed by atoms with Crippen molar-refractivity contribution in [2.45, 2.75) is 56.7 Å². The quantitative estimate of drug-likeness (QED) is 0.130. The van der Waals surface area contributed by atoms with Gasteiger partial charge in [0.2, 0.25) is 0 Å². The summed E-state index contributed by atoms with van der Waals surface area (Å²) in [6.45, 7) is 3.13. The van der Waals surface area contributed by atoms with E-state index in [0.29, 0.717) is 67.2 Å². The second-order valence-corrected chi connectivity index (χ2v) is 16.9. The number of anilines is 2. The summed E-state index contributed by atoms with van der Waals surface area (Å²) in [7, 11) is 2.98. The summed E-state index contributed by atoms with van der Waals surface area (Å²) < 4.78 is 85.4. The van der Waals surface area contributed by atoms with Gasteiger partial charge in [0.1, 0.15) is 6.29 Å². The lowest BCUT2D eigenvalue weighted by Crippen LogP contribution is -2.48. The van der Waals surface area contributed by atoms with Crippen molar-refractivity contribution in [3.63, 3.8) is 0 Å². The number of ether oxygens (including phenoxy) is 1. The number of benzene rings is 4. The van der Waals surface area contributed by atoms with Crippen LogP contribution in [0.2, 0.25) is 0 Å². The molecule has 2 aliphatic carbocycles. The van der Waals surface area contributed by atoms with E-state index < -0.39 is 47.6 Å². The minimum Gasteiger partial charge on any atom is -0.379 e. The predicted octanol–water partition coefficient (Wildman–Crippen LogP) is 9.26. The van der Waals surface area contributed by atoms with Gasteiger partial charge in [-0.2, -0.15) is 36.9 Å². The number of Topliss-reactive ketones (excluding diaryl/α,β-unsaturated/α-hetero) is 2. The number of ketones is 2. The average molecular weight is 950 g/mol. The lowest BCUT2D eigenvalue weighted by molar-refractivity contribution is -0.138. The van der Waals surface area contributed by atoms with Gasteiger partial charge in [0, 0.05) is 74.7 Å². The van der Waals surface area contributed by atoms with Gasteiger partial charge in [0.15, 0.2) is 11.6 Å². The molecule has 1 saturated heterocycles. The van der Waals surface area contributed by atoms with E-state index in [2.05, 4.69) is 11.0 Å². The van der Waals surface area contributed by atoms with Gasteiger partial charge in [-0.15, -0.1) is 0 Å². The highest BCUT2D eigenvalue weighted by Gasteiger charge is 2.47. The van der Waals surface area contributed by atoms with Crippen LogP contribution >= 0.6 is 0 Å². The zero-order valence-electron chi connectivity index (χ0n) is 37.0. The van der Waals surface area contributed by atoms with Gasteiger partial charge < -0.3 is 14.5 Å². The largest absolute Gasteiger partial charge is 0.416 e. The maximum absolute atomic E-state index is 13.7. The number of urea groups is 2. The van der Waals surface area contributed by atoms with Crippen molar-refractivity contribution in [2.75, 3.05) is 50.2 Å². The summed E-state index contributed by atoms with van der Waals surface area (Å²) in [4.78, 5) is 71.9. The molecular weight excluding hydrogens is 909 g/mol. The molecule has 0 saturated carbocycles. The Morgan fingerprint density at radius 2 is 1.10 bits per heavy atom. The van der Waals surface area contributed by atoms with Gasteiger partial charge in [0.05, 0.1) is 71.1 Å². The first-order valence-electron chi connectivity index (χ1n) is 21.7. The van der Waals surface area contributed by atoms with E-state index in [-0.39, 0.29) is 65.3 Å². The molecule has 0 bridgehead atoms. The maximum Gasteiger partial charge on any atom is 0.416 e. The zero-order valence-corrected chi connectivity index (χ0v) is 37.0. The van der Waals surface area contributed by atoms with Crippen LogP contribution < -0.4 is 9.80 Å². The van der Waals surface area contributed by atoms with Gasteiger partial charge >= 0.3 is 24.4 Å². The summed E-state index contributed by atoms with van der Waals surface area (Å²) >= 11 is 0. The smallest absolute Gasteiger partial charge is 0.379 e. The molecule has 4 aromatic carbocycles. The number of allylic oxidation sites excluding steroid dienone is 2. The number of hydrogen-bond donors (Lipinski definition) is 0. The highest BCUT2D eigenvalue weighted by molar-refractivity contribution is 6.09. The van der Waals surface area contributed by atoms with Gasteiger partial charge in [-0.1, -0.05) is 24.3 Å². The van der Waals surface area contributed by atoms with Gasteiger partial charge in [0.25, 0.3) is 0 Å². The number of amides is 4. The Labute approximate surface area is 391 Å². The van der Waals surface area contributed by atoms with Crippen molar-refractivity contribution in [3.8, 4) is 12.1 Å². The van der Waals surface area contributed by atoms with Gasteiger partial charge in [-0.3, -0.25) is 29.1 Å². The first-order chi connectivity index (χ1) is 32.9. The second-order valence-electron chi connectivity index (χ2n) is 16.9. The van der Waals surface area contributed by atoms with Crippen LogP contribution in [-0.2, 0) is 33.2 Å². The lowest BCUT2D eigenvalue weighted by Gasteiger charge is -2.41. The van der Waals surface area contributed by atoms with E-state index in [0.717, 1.165) is 40.3 Å². The highest BCUT2D eigenvalue weighted by Crippen LogP contribution is 2.48. The number of likely N-dealkylation sites (N-methyl/N-ethyl adjacent to an activating group) is 2. The van der Waals surface area contributed by atoms with E-state index in [9.17, 15) is 55.6 Å². The van der Waals surface area contributed by atoms with Crippen LogP contribution in [0, 0.1) is 22.7 Å². The van der Waals surface area contributed by atoms with Crippen LogP contribution in [0.4, 0.5) is 47.3 Å². The molecule has 5 aliphatic rings. The number of rotatable bonds is 7. The Balaban J connectivity index is 0.000000188. The fourth-order valence-corrected chi connectivity index (χ4v) is 9.54. The van der Waals surface area contributed by atoms with Gasteiger partial charge in [-0.05, 0) is 90.2 Å². The first-order valence-corrected chi connectivity index (χ1v) is 21.7. The van der Waals surface area contributed by atoms with Crippen LogP contribution in [0.15, 0.2) is 107 Å². The van der Waals surface area contributed by atoms with E-state index in [1.807, 2.05) is 6.07 Å². The van der Waals surface area contributed by atoms with Crippen molar-refractivity contribution < 1.29 is 55.1 Å². The SMILES string of the molecule is CN1C(=O)N(c2cccc(C(F)(F)F)c2)C2=C(C(=O)CC2)C1c1ccc(C#N)cc1C=O.CN1C(=O)N(c2cccc(C(F)(F)F)c2)C2=C(C(=O)CC2)C1c1ccc(C#N)cc1CN1CCOCC1. The van der Waals surface area contributed by atoms with Crippen LogP contribution in [0.3, 0.4) is 0 Å². The first kappa shape index (κ1) is 47.9. The number of hydrogen-bond acceptors (Lipinski definition) is 9. The lowest BCUT2D eigenvalue weighted by atomic mass is 9.89. The summed E-state index contributed by atoms with van der Waals surface area (Å²) in [6, 6.07) is 19.9. The molecule has 3 heterocycles. The monoisotopic (exact) mass is 949 g/mol. The fourth-order valence-electron chi connectivity index (χ4n) is 9.54. The molecule has 0 radical (unpaired) electrons. The van der Waals surface area contributed by atoms with Gasteiger partial charge in [-0.25, -0.2) is 9.59 Å². The summed E-state index contributed by atoms with van der Waals surface area (Å²) in [5, 5.41) is 18.6. The Bertz CT molecular complexity index is 2950. The Kier molecular flexibility index (Phi) is 13.1. The predicted molar refractivity (Wildman–Crippen MR) is 236 cm³/mol. The zero-order chi connectivity index (χ0) is 49.5.